The van der Waals surface area contributed by atoms with Crippen molar-refractivity contribution in [3.8, 4) is 5.75 Å². The van der Waals surface area contributed by atoms with Crippen LogP contribution in [0.2, 0.25) is 0 Å². The predicted molar refractivity (Wildman–Crippen MR) is 105 cm³/mol. The molecule has 1 spiro atoms. The molecule has 4 nitrogen and oxygen atoms in total. The van der Waals surface area contributed by atoms with E-state index < -0.39 is 17.5 Å². The highest BCUT2D eigenvalue weighted by atomic mass is 35.5. The third-order valence-electron chi connectivity index (χ3n) is 5.80. The zero-order valence-corrected chi connectivity index (χ0v) is 16.9. The van der Waals surface area contributed by atoms with Crippen LogP contribution in [-0.2, 0) is 10.9 Å². The third kappa shape index (κ3) is 4.22. The molecule has 0 unspecified atom stereocenters. The van der Waals surface area contributed by atoms with Crippen LogP contribution in [0.3, 0.4) is 0 Å². The van der Waals surface area contributed by atoms with Gasteiger partial charge in [0.15, 0.2) is 0 Å². The number of ether oxygens (including phenoxy) is 2. The van der Waals surface area contributed by atoms with Crippen molar-refractivity contribution in [3.63, 3.8) is 0 Å². The van der Waals surface area contributed by atoms with Gasteiger partial charge in [0.1, 0.15) is 11.4 Å². The van der Waals surface area contributed by atoms with Gasteiger partial charge in [-0.05, 0) is 37.4 Å². The Labute approximate surface area is 174 Å². The molecule has 0 aliphatic carbocycles. The largest absolute Gasteiger partial charge is 0.495 e. The monoisotopic (exact) mass is 428 g/mol. The van der Waals surface area contributed by atoms with E-state index in [1.165, 1.54) is 7.11 Å². The molecule has 0 radical (unpaired) electrons. The molecule has 0 amide bonds. The van der Waals surface area contributed by atoms with Crippen LogP contribution in [0.1, 0.15) is 48.0 Å². The van der Waals surface area contributed by atoms with Gasteiger partial charge in [0.05, 0.1) is 31.6 Å². The molecule has 158 valence electrons. The molecule has 1 aromatic heterocycles. The van der Waals surface area contributed by atoms with Crippen LogP contribution in [-0.4, -0.2) is 30.8 Å². The third-order valence-corrected chi connectivity index (χ3v) is 5.80. The molecule has 2 saturated heterocycles. The molecule has 2 fully saturated rings. The number of methoxy groups -OCH3 is 1. The van der Waals surface area contributed by atoms with Crippen molar-refractivity contribution in [1.82, 2.24) is 10.3 Å². The second kappa shape index (κ2) is 8.50. The quantitative estimate of drug-likeness (QED) is 0.755. The summed E-state index contributed by atoms with van der Waals surface area (Å²) in [7, 11) is 1.45. The van der Waals surface area contributed by atoms with Crippen molar-refractivity contribution in [2.45, 2.75) is 43.0 Å². The zero-order chi connectivity index (χ0) is 19.8. The summed E-state index contributed by atoms with van der Waals surface area (Å²) in [5.74, 6) is 0.198. The van der Waals surface area contributed by atoms with Crippen LogP contribution in [0, 0.1) is 0 Å². The molecule has 29 heavy (non-hydrogen) atoms. The minimum atomic E-state index is -4.49. The SMILES string of the molecule is COc1cnc(C(F)(F)F)cc1[C@@H]1CO[C@]2(CCCN[C@H]2c2ccccc2)C1.Cl. The maximum atomic E-state index is 13.2. The molecule has 2 aromatic rings. The Morgan fingerprint density at radius 2 is 2.00 bits per heavy atom. The number of rotatable bonds is 3. The number of piperidine rings is 1. The minimum absolute atomic E-state index is 0. The number of benzene rings is 1. The average Bonchev–Trinajstić information content (AvgIpc) is 3.12. The normalized spacial score (nSPS) is 26.9. The first-order valence-electron chi connectivity index (χ1n) is 9.46. The van der Waals surface area contributed by atoms with Gasteiger partial charge in [-0.3, -0.25) is 0 Å². The number of alkyl halides is 3. The van der Waals surface area contributed by atoms with Gasteiger partial charge in [-0.15, -0.1) is 12.4 Å². The van der Waals surface area contributed by atoms with Gasteiger partial charge in [-0.1, -0.05) is 30.3 Å². The summed E-state index contributed by atoms with van der Waals surface area (Å²) in [5.41, 5.74) is 0.321. The van der Waals surface area contributed by atoms with Crippen LogP contribution < -0.4 is 10.1 Å². The lowest BCUT2D eigenvalue weighted by atomic mass is 9.77. The number of nitrogens with zero attached hydrogens (tertiary/aromatic N) is 1. The van der Waals surface area contributed by atoms with Gasteiger partial charge >= 0.3 is 6.18 Å². The highest BCUT2D eigenvalue weighted by molar-refractivity contribution is 5.85. The van der Waals surface area contributed by atoms with Crippen LogP contribution >= 0.6 is 12.4 Å². The smallest absolute Gasteiger partial charge is 0.433 e. The molecular weight excluding hydrogens is 405 g/mol. The second-order valence-electron chi connectivity index (χ2n) is 7.49. The predicted octanol–water partition coefficient (Wildman–Crippen LogP) is 4.90. The van der Waals surface area contributed by atoms with Gasteiger partial charge in [-0.25, -0.2) is 4.98 Å². The molecule has 8 heteroatoms. The van der Waals surface area contributed by atoms with E-state index in [0.29, 0.717) is 24.3 Å². The van der Waals surface area contributed by atoms with Gasteiger partial charge in [0, 0.05) is 11.5 Å². The van der Waals surface area contributed by atoms with Crippen molar-refractivity contribution in [1.29, 1.82) is 0 Å². The lowest BCUT2D eigenvalue weighted by Gasteiger charge is -2.41. The maximum absolute atomic E-state index is 13.2. The standard InChI is InChI=1S/C21H23F3N2O2.ClH/c1-27-17-12-26-18(21(22,23)24)10-16(17)15-11-20(28-13-15)8-5-9-25-19(20)14-6-3-2-4-7-14;/h2-4,6-7,10,12,15,19,25H,5,8-9,11,13H2,1H3;1H/t15-,19-,20+;/m0./s1. The molecule has 3 atom stereocenters. The van der Waals surface area contributed by atoms with E-state index in [4.69, 9.17) is 9.47 Å². The summed E-state index contributed by atoms with van der Waals surface area (Å²) in [4.78, 5) is 3.52. The number of hydrogen-bond acceptors (Lipinski definition) is 4. The van der Waals surface area contributed by atoms with Gasteiger partial charge in [0.25, 0.3) is 0 Å². The van der Waals surface area contributed by atoms with E-state index in [9.17, 15) is 13.2 Å². The summed E-state index contributed by atoms with van der Waals surface area (Å²) in [5, 5.41) is 3.56. The van der Waals surface area contributed by atoms with E-state index in [2.05, 4.69) is 22.4 Å². The summed E-state index contributed by atoms with van der Waals surface area (Å²) in [6.07, 6.45) is -0.849. The van der Waals surface area contributed by atoms with E-state index in [1.807, 2.05) is 18.2 Å². The fourth-order valence-electron chi connectivity index (χ4n) is 4.51. The fraction of sp³-hybridized carbons (Fsp3) is 0.476. The van der Waals surface area contributed by atoms with E-state index in [-0.39, 0.29) is 24.4 Å². The topological polar surface area (TPSA) is 43.4 Å². The Hall–Kier alpha value is -1.83. The van der Waals surface area contributed by atoms with E-state index >= 15 is 0 Å². The van der Waals surface area contributed by atoms with Crippen LogP contribution in [0.25, 0.3) is 0 Å². The summed E-state index contributed by atoms with van der Waals surface area (Å²) < 4.78 is 51.2. The minimum Gasteiger partial charge on any atom is -0.495 e. The van der Waals surface area contributed by atoms with Gasteiger partial charge in [0.2, 0.25) is 0 Å². The average molecular weight is 429 g/mol. The van der Waals surface area contributed by atoms with Crippen LogP contribution in [0.4, 0.5) is 13.2 Å². The molecule has 0 saturated carbocycles. The molecule has 2 aliphatic heterocycles. The lowest BCUT2D eigenvalue weighted by Crippen LogP contribution is -2.48. The Bertz CT molecular complexity index is 834. The first kappa shape index (κ1) is 21.9. The molecule has 3 heterocycles. The number of pyridine rings is 1. The van der Waals surface area contributed by atoms with Gasteiger partial charge < -0.3 is 14.8 Å². The summed E-state index contributed by atoms with van der Waals surface area (Å²) >= 11 is 0. The van der Waals surface area contributed by atoms with Crippen molar-refractivity contribution < 1.29 is 22.6 Å². The first-order valence-corrected chi connectivity index (χ1v) is 9.46. The first-order chi connectivity index (χ1) is 13.4. The summed E-state index contributed by atoms with van der Waals surface area (Å²) in [6.45, 7) is 1.26. The van der Waals surface area contributed by atoms with Crippen molar-refractivity contribution >= 4 is 12.4 Å². The second-order valence-corrected chi connectivity index (χ2v) is 7.49. The Morgan fingerprint density at radius 1 is 1.24 bits per heavy atom. The highest BCUT2D eigenvalue weighted by Gasteiger charge is 2.49. The molecule has 0 bridgehead atoms. The molecule has 2 aliphatic rings. The Morgan fingerprint density at radius 3 is 2.69 bits per heavy atom. The molecular formula is C21H24ClF3N2O2. The van der Waals surface area contributed by atoms with Crippen LogP contribution in [0.5, 0.6) is 5.75 Å². The Kier molecular flexibility index (Phi) is 6.41. The zero-order valence-electron chi connectivity index (χ0n) is 16.0. The highest BCUT2D eigenvalue weighted by Crippen LogP contribution is 2.49. The lowest BCUT2D eigenvalue weighted by molar-refractivity contribution is -0.141. The van der Waals surface area contributed by atoms with Crippen molar-refractivity contribution in [3.05, 3.63) is 59.4 Å². The number of halogens is 4. The number of nitrogens with one attached hydrogen (secondary N) is 1. The van der Waals surface area contributed by atoms with E-state index in [1.54, 1.807) is 0 Å². The van der Waals surface area contributed by atoms with Crippen LogP contribution in [0.15, 0.2) is 42.6 Å². The summed E-state index contributed by atoms with van der Waals surface area (Å²) in [6, 6.07) is 11.2. The molecule has 1 N–H and O–H groups in total. The fourth-order valence-corrected chi connectivity index (χ4v) is 4.51. The number of hydrogen-bond donors (Lipinski definition) is 1. The van der Waals surface area contributed by atoms with Crippen molar-refractivity contribution in [2.24, 2.45) is 0 Å². The molecule has 1 aromatic carbocycles. The van der Waals surface area contributed by atoms with E-state index in [0.717, 1.165) is 37.2 Å². The van der Waals surface area contributed by atoms with Gasteiger partial charge in [-0.2, -0.15) is 13.2 Å². The number of aromatic nitrogens is 1. The molecule has 4 rings (SSSR count). The maximum Gasteiger partial charge on any atom is 0.433 e. The van der Waals surface area contributed by atoms with Crippen molar-refractivity contribution in [2.75, 3.05) is 20.3 Å². The Balaban J connectivity index is 0.00000240.